The third-order valence-corrected chi connectivity index (χ3v) is 12.2. The topological polar surface area (TPSA) is 121 Å². The maximum Gasteiger partial charge on any atom is 0.254 e. The molecule has 2 aromatic rings. The van der Waals surface area contributed by atoms with Crippen LogP contribution >= 0.6 is 0 Å². The zero-order valence-electron chi connectivity index (χ0n) is 33.0. The summed E-state index contributed by atoms with van der Waals surface area (Å²) in [4.78, 5) is 57.0. The first-order valence-electron chi connectivity index (χ1n) is 19.5. The maximum atomic E-state index is 14.1. The monoisotopic (exact) mass is 714 g/mol. The van der Waals surface area contributed by atoms with E-state index in [2.05, 4.69) is 55.4 Å². The fraction of sp³-hybridized carbons (Fsp3) is 0.636. The van der Waals surface area contributed by atoms with E-state index in [0.717, 1.165) is 38.5 Å². The minimum absolute atomic E-state index is 0.0530. The van der Waals surface area contributed by atoms with E-state index in [1.54, 1.807) is 0 Å². The molecule has 0 atom stereocenters. The van der Waals surface area contributed by atoms with Gasteiger partial charge in [0, 0.05) is 50.6 Å². The van der Waals surface area contributed by atoms with Crippen molar-refractivity contribution in [3.63, 3.8) is 0 Å². The molecule has 2 amide bonds. The average molecular weight is 715 g/mol. The van der Waals surface area contributed by atoms with E-state index >= 15 is 0 Å². The molecule has 0 aromatic heterocycles. The van der Waals surface area contributed by atoms with Crippen LogP contribution in [0.3, 0.4) is 0 Å². The van der Waals surface area contributed by atoms with Crippen LogP contribution < -0.4 is 10.2 Å². The Labute approximate surface area is 312 Å². The van der Waals surface area contributed by atoms with E-state index in [0.29, 0.717) is 49.7 Å². The van der Waals surface area contributed by atoms with Gasteiger partial charge < -0.3 is 29.6 Å². The molecule has 0 radical (unpaired) electrons. The van der Waals surface area contributed by atoms with Crippen LogP contribution in [0.2, 0.25) is 0 Å². The van der Waals surface area contributed by atoms with Crippen molar-refractivity contribution in [3.8, 4) is 0 Å². The molecule has 2 saturated heterocycles. The van der Waals surface area contributed by atoms with Crippen molar-refractivity contribution in [2.75, 3.05) is 0 Å². The van der Waals surface area contributed by atoms with Gasteiger partial charge in [-0.1, -0.05) is 74.9 Å². The first-order chi connectivity index (χ1) is 24.3. The van der Waals surface area contributed by atoms with E-state index in [1.165, 1.54) is 0 Å². The molecule has 2 heterocycles. The number of nitrogens with zero attached hydrogens (tertiary/aromatic N) is 2. The van der Waals surface area contributed by atoms with Gasteiger partial charge in [0.2, 0.25) is 0 Å². The van der Waals surface area contributed by atoms with Gasteiger partial charge in [-0.2, -0.15) is 0 Å². The number of carbonyl (C=O) groups is 4. The molecular formula is C44H62N2O6-2. The second-order valence-electron chi connectivity index (χ2n) is 18.1. The summed E-state index contributed by atoms with van der Waals surface area (Å²) >= 11 is 0. The van der Waals surface area contributed by atoms with Crippen molar-refractivity contribution in [2.45, 2.75) is 161 Å². The summed E-state index contributed by atoms with van der Waals surface area (Å²) in [5.74, 6) is -2.67. The number of hydrogen-bond acceptors (Lipinski definition) is 6. The molecular weight excluding hydrogens is 652 g/mol. The van der Waals surface area contributed by atoms with Crippen LogP contribution in [0, 0.1) is 17.3 Å². The largest absolute Gasteiger partial charge is 0.550 e. The number of unbranched alkanes of at least 4 members (excludes halogenated alkanes) is 6. The quantitative estimate of drug-likeness (QED) is 0.180. The summed E-state index contributed by atoms with van der Waals surface area (Å²) in [5, 5.41) is 24.9. The summed E-state index contributed by atoms with van der Waals surface area (Å²) in [6.07, 6.45) is 8.51. The highest BCUT2D eigenvalue weighted by Gasteiger charge is 2.60. The Morgan fingerprint density at radius 1 is 0.558 bits per heavy atom. The molecule has 0 N–H and O–H groups in total. The van der Waals surface area contributed by atoms with Crippen molar-refractivity contribution in [1.82, 2.24) is 9.80 Å². The highest BCUT2D eigenvalue weighted by Crippen LogP contribution is 2.58. The zero-order valence-corrected chi connectivity index (χ0v) is 33.0. The van der Waals surface area contributed by atoms with Crippen LogP contribution in [0.25, 0.3) is 0 Å². The molecule has 2 aliphatic rings. The second kappa shape index (κ2) is 16.1. The standard InChI is InChI=1S/C44H64N2O6/c1-40(2)28-34(29-41(3,4)45(40)37(49)32-22-16-14-17-23-32)44(39(51)52,27-21-13-11-9-10-12-20-26-36(47)48)35-30-42(5,6)46(43(7,8)31-35)38(50)33-24-18-15-19-25-33/h14-19,22-25,34-35H,9-13,20-21,26-31H2,1-8H3,(H,47,48)(H,51,52)/p-2. The number of piperidine rings is 2. The second-order valence-corrected chi connectivity index (χ2v) is 18.1. The predicted molar refractivity (Wildman–Crippen MR) is 201 cm³/mol. The number of rotatable bonds is 15. The summed E-state index contributed by atoms with van der Waals surface area (Å²) < 4.78 is 0. The van der Waals surface area contributed by atoms with Crippen LogP contribution in [-0.2, 0) is 9.59 Å². The number of benzene rings is 2. The number of carboxylic acid groups (broad SMARTS) is 2. The van der Waals surface area contributed by atoms with Crippen LogP contribution in [-0.4, -0.2) is 55.7 Å². The van der Waals surface area contributed by atoms with Gasteiger partial charge in [-0.25, -0.2) is 0 Å². The van der Waals surface area contributed by atoms with E-state index in [4.69, 9.17) is 0 Å². The Hall–Kier alpha value is -3.68. The van der Waals surface area contributed by atoms with Crippen molar-refractivity contribution in [2.24, 2.45) is 17.3 Å². The van der Waals surface area contributed by atoms with Crippen molar-refractivity contribution in [1.29, 1.82) is 0 Å². The minimum Gasteiger partial charge on any atom is -0.550 e. The first-order valence-corrected chi connectivity index (χ1v) is 19.5. The van der Waals surface area contributed by atoms with Crippen LogP contribution in [0.5, 0.6) is 0 Å². The van der Waals surface area contributed by atoms with Gasteiger partial charge in [-0.05, 0) is 136 Å². The van der Waals surface area contributed by atoms with Crippen molar-refractivity contribution in [3.05, 3.63) is 71.8 Å². The number of carbonyl (C=O) groups excluding carboxylic acids is 4. The lowest BCUT2D eigenvalue weighted by Gasteiger charge is -2.64. The third kappa shape index (κ3) is 8.91. The molecule has 52 heavy (non-hydrogen) atoms. The number of aliphatic carboxylic acids is 2. The number of amides is 2. The molecule has 2 aromatic carbocycles. The van der Waals surface area contributed by atoms with Crippen LogP contribution in [0.4, 0.5) is 0 Å². The lowest BCUT2D eigenvalue weighted by molar-refractivity contribution is -0.330. The van der Waals surface area contributed by atoms with Crippen molar-refractivity contribution < 1.29 is 29.4 Å². The Balaban J connectivity index is 1.68. The van der Waals surface area contributed by atoms with E-state index in [1.807, 2.05) is 70.5 Å². The first kappa shape index (κ1) is 41.1. The van der Waals surface area contributed by atoms with Gasteiger partial charge >= 0.3 is 0 Å². The number of hydrogen-bond donors (Lipinski definition) is 0. The molecule has 0 unspecified atom stereocenters. The van der Waals surface area contributed by atoms with Gasteiger partial charge in [0.25, 0.3) is 11.8 Å². The fourth-order valence-corrected chi connectivity index (χ4v) is 10.6. The smallest absolute Gasteiger partial charge is 0.254 e. The Morgan fingerprint density at radius 2 is 0.885 bits per heavy atom. The van der Waals surface area contributed by atoms with E-state index in [9.17, 15) is 29.4 Å². The number of carboxylic acids is 2. The van der Waals surface area contributed by atoms with E-state index < -0.39 is 39.5 Å². The normalized spacial score (nSPS) is 20.0. The predicted octanol–water partition coefficient (Wildman–Crippen LogP) is 7.20. The molecule has 0 saturated carbocycles. The molecule has 0 bridgehead atoms. The van der Waals surface area contributed by atoms with Gasteiger partial charge in [-0.15, -0.1) is 0 Å². The molecule has 8 heteroatoms. The highest BCUT2D eigenvalue weighted by atomic mass is 16.4. The minimum atomic E-state index is -1.18. The van der Waals surface area contributed by atoms with Gasteiger partial charge in [-0.3, -0.25) is 9.59 Å². The number of likely N-dealkylation sites (tertiary alicyclic amines) is 2. The molecule has 286 valence electrons. The molecule has 8 nitrogen and oxygen atoms in total. The summed E-state index contributed by atoms with van der Waals surface area (Å²) in [5.41, 5.74) is -2.50. The molecule has 0 spiro atoms. The van der Waals surface area contributed by atoms with Crippen LogP contribution in [0.1, 0.15) is 160 Å². The summed E-state index contributed by atoms with van der Waals surface area (Å²) in [6.45, 7) is 16.5. The Bertz CT molecular complexity index is 1420. The van der Waals surface area contributed by atoms with Crippen molar-refractivity contribution >= 4 is 23.8 Å². The lowest BCUT2D eigenvalue weighted by atomic mass is 9.52. The third-order valence-electron chi connectivity index (χ3n) is 12.2. The molecule has 2 aliphatic heterocycles. The lowest BCUT2D eigenvalue weighted by Crippen LogP contribution is -2.69. The molecule has 4 rings (SSSR count). The zero-order chi connectivity index (χ0) is 38.5. The SMILES string of the molecule is CC1(C)CC(C(CCCCCCCCCC(=O)[O-])(C(=O)[O-])C2CC(C)(C)N(C(=O)c3ccccc3)C(C)(C)C2)CC(C)(C)N1C(=O)c1ccccc1. The maximum absolute atomic E-state index is 14.1. The Kier molecular flexibility index (Phi) is 12.7. The molecule has 2 fully saturated rings. The van der Waals surface area contributed by atoms with Gasteiger partial charge in [0.1, 0.15) is 0 Å². The summed E-state index contributed by atoms with van der Waals surface area (Å²) in [7, 11) is 0. The van der Waals surface area contributed by atoms with Gasteiger partial charge in [0.05, 0.1) is 0 Å². The highest BCUT2D eigenvalue weighted by molar-refractivity contribution is 5.96. The fourth-order valence-electron chi connectivity index (χ4n) is 10.6. The van der Waals surface area contributed by atoms with Gasteiger partial charge in [0.15, 0.2) is 0 Å². The summed E-state index contributed by atoms with van der Waals surface area (Å²) in [6, 6.07) is 18.6. The average Bonchev–Trinajstić information content (AvgIpc) is 3.03. The van der Waals surface area contributed by atoms with Crippen LogP contribution in [0.15, 0.2) is 60.7 Å². The van der Waals surface area contributed by atoms with E-state index in [-0.39, 0.29) is 30.1 Å². The molecule has 0 aliphatic carbocycles. The Morgan fingerprint density at radius 3 is 1.21 bits per heavy atom.